The van der Waals surface area contributed by atoms with Crippen molar-refractivity contribution in [1.82, 2.24) is 0 Å². The quantitative estimate of drug-likeness (QED) is 0.800. The number of hydrogen-bond donors (Lipinski definition) is 1. The summed E-state index contributed by atoms with van der Waals surface area (Å²) < 4.78 is 0. The lowest BCUT2D eigenvalue weighted by Crippen LogP contribution is -1.99. The van der Waals surface area contributed by atoms with Crippen molar-refractivity contribution in [2.24, 2.45) is 0 Å². The van der Waals surface area contributed by atoms with Gasteiger partial charge in [-0.1, -0.05) is 56.3 Å². The summed E-state index contributed by atoms with van der Waals surface area (Å²) >= 11 is 1.69. The first kappa shape index (κ1) is 14.2. The number of benzene rings is 2. The average Bonchev–Trinajstić information content (AvgIpc) is 2.46. The molecule has 0 radical (unpaired) electrons. The highest BCUT2D eigenvalue weighted by molar-refractivity contribution is 7.99. The molecular weight excluding hydrogens is 252 g/mol. The van der Waals surface area contributed by atoms with Crippen LogP contribution in [0.2, 0.25) is 0 Å². The van der Waals surface area contributed by atoms with Crippen molar-refractivity contribution in [2.45, 2.75) is 30.8 Å². The van der Waals surface area contributed by atoms with Gasteiger partial charge in [-0.2, -0.15) is 0 Å². The monoisotopic (exact) mass is 272 g/mol. The summed E-state index contributed by atoms with van der Waals surface area (Å²) in [7, 11) is 0. The van der Waals surface area contributed by atoms with Crippen molar-refractivity contribution in [2.75, 3.05) is 5.75 Å². The molecule has 1 unspecified atom stereocenters. The molecule has 1 N–H and O–H groups in total. The van der Waals surface area contributed by atoms with Crippen LogP contribution in [0.4, 0.5) is 0 Å². The highest BCUT2D eigenvalue weighted by Crippen LogP contribution is 2.26. The van der Waals surface area contributed by atoms with E-state index in [0.717, 1.165) is 5.56 Å². The number of thioether (sulfide) groups is 1. The fourth-order valence-corrected chi connectivity index (χ4v) is 2.77. The summed E-state index contributed by atoms with van der Waals surface area (Å²) in [5.41, 5.74) is 2.33. The normalized spacial score (nSPS) is 12.6. The van der Waals surface area contributed by atoms with E-state index in [9.17, 15) is 5.11 Å². The summed E-state index contributed by atoms with van der Waals surface area (Å²) in [6, 6.07) is 18.4. The van der Waals surface area contributed by atoms with E-state index in [1.807, 2.05) is 30.3 Å². The molecule has 0 aliphatic rings. The van der Waals surface area contributed by atoms with Gasteiger partial charge in [0.2, 0.25) is 0 Å². The summed E-state index contributed by atoms with van der Waals surface area (Å²) in [4.78, 5) is 1.21. The fraction of sp³-hybridized carbons (Fsp3) is 0.294. The van der Waals surface area contributed by atoms with Gasteiger partial charge in [0.05, 0.1) is 6.10 Å². The molecule has 0 aromatic heterocycles. The smallest absolute Gasteiger partial charge is 0.0883 e. The Labute approximate surface area is 119 Å². The van der Waals surface area contributed by atoms with Crippen molar-refractivity contribution >= 4 is 11.8 Å². The highest BCUT2D eigenvalue weighted by atomic mass is 32.2. The van der Waals surface area contributed by atoms with Gasteiger partial charge < -0.3 is 5.11 Å². The molecule has 2 aromatic rings. The average molecular weight is 272 g/mol. The molecule has 2 aromatic carbocycles. The largest absolute Gasteiger partial charge is 0.388 e. The van der Waals surface area contributed by atoms with Crippen molar-refractivity contribution in [3.8, 4) is 0 Å². The molecule has 0 amide bonds. The third kappa shape index (κ3) is 4.12. The van der Waals surface area contributed by atoms with Gasteiger partial charge >= 0.3 is 0 Å². The van der Waals surface area contributed by atoms with Gasteiger partial charge in [-0.05, 0) is 29.2 Å². The minimum Gasteiger partial charge on any atom is -0.388 e. The Hall–Kier alpha value is -1.25. The molecule has 100 valence electrons. The summed E-state index contributed by atoms with van der Waals surface area (Å²) in [6.45, 7) is 4.39. The van der Waals surface area contributed by atoms with E-state index in [0.29, 0.717) is 11.7 Å². The number of aliphatic hydroxyl groups is 1. The Morgan fingerprint density at radius 2 is 1.53 bits per heavy atom. The summed E-state index contributed by atoms with van der Waals surface area (Å²) in [5, 5.41) is 10.1. The molecule has 0 spiro atoms. The van der Waals surface area contributed by atoms with E-state index in [-0.39, 0.29) is 0 Å². The van der Waals surface area contributed by atoms with Crippen LogP contribution in [0.1, 0.15) is 37.0 Å². The van der Waals surface area contributed by atoms with Crippen LogP contribution in [-0.4, -0.2) is 10.9 Å². The molecule has 0 heterocycles. The Bertz CT molecular complexity index is 490. The van der Waals surface area contributed by atoms with Gasteiger partial charge in [-0.25, -0.2) is 0 Å². The van der Waals surface area contributed by atoms with Crippen LogP contribution in [-0.2, 0) is 0 Å². The van der Waals surface area contributed by atoms with Crippen molar-refractivity contribution in [1.29, 1.82) is 0 Å². The summed E-state index contributed by atoms with van der Waals surface area (Å²) in [5.74, 6) is 1.25. The van der Waals surface area contributed by atoms with Gasteiger partial charge in [0.1, 0.15) is 0 Å². The van der Waals surface area contributed by atoms with Crippen LogP contribution in [0.5, 0.6) is 0 Å². The molecule has 0 saturated heterocycles. The molecule has 0 aliphatic carbocycles. The van der Waals surface area contributed by atoms with Crippen molar-refractivity contribution in [3.63, 3.8) is 0 Å². The Morgan fingerprint density at radius 3 is 2.11 bits per heavy atom. The third-order valence-corrected chi connectivity index (χ3v) is 4.23. The maximum absolute atomic E-state index is 10.1. The molecule has 19 heavy (non-hydrogen) atoms. The minimum atomic E-state index is -0.407. The first-order chi connectivity index (χ1) is 9.16. The topological polar surface area (TPSA) is 20.2 Å². The second-order valence-electron chi connectivity index (χ2n) is 4.96. The van der Waals surface area contributed by atoms with Crippen LogP contribution in [0.15, 0.2) is 59.5 Å². The Balaban J connectivity index is 1.92. The van der Waals surface area contributed by atoms with E-state index in [1.165, 1.54) is 10.5 Å². The van der Waals surface area contributed by atoms with Crippen molar-refractivity contribution in [3.05, 3.63) is 65.7 Å². The second-order valence-corrected chi connectivity index (χ2v) is 6.05. The minimum absolute atomic E-state index is 0.407. The van der Waals surface area contributed by atoms with Gasteiger partial charge in [0.25, 0.3) is 0 Å². The lowest BCUT2D eigenvalue weighted by molar-refractivity contribution is 0.204. The molecule has 0 saturated carbocycles. The molecule has 1 atom stereocenters. The zero-order valence-electron chi connectivity index (χ0n) is 11.4. The highest BCUT2D eigenvalue weighted by Gasteiger charge is 2.07. The zero-order valence-corrected chi connectivity index (χ0v) is 12.2. The van der Waals surface area contributed by atoms with Gasteiger partial charge in [-0.15, -0.1) is 11.8 Å². The maximum atomic E-state index is 10.1. The molecular formula is C17H20OS. The molecule has 0 aliphatic heterocycles. The third-order valence-electron chi connectivity index (χ3n) is 3.14. The molecule has 2 rings (SSSR count). The second kappa shape index (κ2) is 6.78. The van der Waals surface area contributed by atoms with Crippen LogP contribution >= 0.6 is 11.8 Å². The van der Waals surface area contributed by atoms with E-state index in [2.05, 4.69) is 38.1 Å². The molecule has 1 nitrogen and oxygen atoms in total. The molecule has 0 fully saturated rings. The SMILES string of the molecule is CC(C)c1ccc(SCC(O)c2ccccc2)cc1. The van der Waals surface area contributed by atoms with E-state index >= 15 is 0 Å². The number of rotatable bonds is 5. The number of aliphatic hydroxyl groups excluding tert-OH is 1. The predicted molar refractivity (Wildman–Crippen MR) is 82.7 cm³/mol. The van der Waals surface area contributed by atoms with Gasteiger partial charge in [-0.3, -0.25) is 0 Å². The van der Waals surface area contributed by atoms with Crippen molar-refractivity contribution < 1.29 is 5.11 Å². The fourth-order valence-electron chi connectivity index (χ4n) is 1.90. The zero-order chi connectivity index (χ0) is 13.7. The molecule has 0 bridgehead atoms. The van der Waals surface area contributed by atoms with E-state index < -0.39 is 6.10 Å². The number of hydrogen-bond acceptors (Lipinski definition) is 2. The maximum Gasteiger partial charge on any atom is 0.0883 e. The van der Waals surface area contributed by atoms with Gasteiger partial charge in [0, 0.05) is 10.6 Å². The Kier molecular flexibility index (Phi) is 5.06. The van der Waals surface area contributed by atoms with Crippen LogP contribution in [0, 0.1) is 0 Å². The summed E-state index contributed by atoms with van der Waals surface area (Å²) in [6.07, 6.45) is -0.407. The lowest BCUT2D eigenvalue weighted by atomic mass is 10.0. The van der Waals surface area contributed by atoms with E-state index in [1.54, 1.807) is 11.8 Å². The van der Waals surface area contributed by atoms with Crippen LogP contribution in [0.3, 0.4) is 0 Å². The Morgan fingerprint density at radius 1 is 0.895 bits per heavy atom. The predicted octanol–water partition coefficient (Wildman–Crippen LogP) is 4.64. The first-order valence-electron chi connectivity index (χ1n) is 6.62. The van der Waals surface area contributed by atoms with E-state index in [4.69, 9.17) is 0 Å². The molecule has 2 heteroatoms. The lowest BCUT2D eigenvalue weighted by Gasteiger charge is -2.11. The first-order valence-corrected chi connectivity index (χ1v) is 7.61. The van der Waals surface area contributed by atoms with Gasteiger partial charge in [0.15, 0.2) is 0 Å². The standard InChI is InChI=1S/C17H20OS/c1-13(2)14-8-10-16(11-9-14)19-12-17(18)15-6-4-3-5-7-15/h3-11,13,17-18H,12H2,1-2H3. The van der Waals surface area contributed by atoms with Crippen LogP contribution in [0.25, 0.3) is 0 Å². The van der Waals surface area contributed by atoms with Crippen LogP contribution < -0.4 is 0 Å².